The third-order valence-corrected chi connectivity index (χ3v) is 2.66. The maximum Gasteiger partial charge on any atom is 0.261 e. The van der Waals surface area contributed by atoms with Gasteiger partial charge in [0.1, 0.15) is 0 Å². The Morgan fingerprint density at radius 1 is 1.57 bits per heavy atom. The summed E-state index contributed by atoms with van der Waals surface area (Å²) in [7, 11) is 0. The Labute approximate surface area is 86.1 Å². The second-order valence-electron chi connectivity index (χ2n) is 2.96. The van der Waals surface area contributed by atoms with Crippen LogP contribution in [-0.4, -0.2) is 18.4 Å². The van der Waals surface area contributed by atoms with Crippen LogP contribution in [0.5, 0.6) is 0 Å². The summed E-state index contributed by atoms with van der Waals surface area (Å²) in [4.78, 5) is 22.4. The number of thiophene rings is 1. The third kappa shape index (κ3) is 3.18. The van der Waals surface area contributed by atoms with Crippen molar-refractivity contribution in [2.45, 2.75) is 13.3 Å². The lowest BCUT2D eigenvalue weighted by Gasteiger charge is -2.00. The molecule has 5 heteroatoms. The number of primary amides is 1. The second kappa shape index (κ2) is 4.76. The van der Waals surface area contributed by atoms with E-state index in [1.165, 1.54) is 11.3 Å². The SMILES string of the molecule is Cc1csc(C(=O)NCCC(N)=O)c1. The van der Waals surface area contributed by atoms with E-state index in [0.717, 1.165) is 5.56 Å². The molecule has 0 aliphatic rings. The molecule has 0 fully saturated rings. The Morgan fingerprint density at radius 2 is 2.29 bits per heavy atom. The summed E-state index contributed by atoms with van der Waals surface area (Å²) in [5.74, 6) is -0.558. The van der Waals surface area contributed by atoms with Crippen LogP contribution in [0.3, 0.4) is 0 Å². The molecule has 0 atom stereocenters. The van der Waals surface area contributed by atoms with E-state index in [4.69, 9.17) is 5.73 Å². The van der Waals surface area contributed by atoms with Crippen LogP contribution in [0.2, 0.25) is 0 Å². The number of nitrogens with one attached hydrogen (secondary N) is 1. The van der Waals surface area contributed by atoms with Crippen LogP contribution >= 0.6 is 11.3 Å². The fraction of sp³-hybridized carbons (Fsp3) is 0.333. The zero-order chi connectivity index (χ0) is 10.6. The van der Waals surface area contributed by atoms with Gasteiger partial charge in [0.25, 0.3) is 5.91 Å². The van der Waals surface area contributed by atoms with Gasteiger partial charge in [-0.25, -0.2) is 0 Å². The number of carbonyl (C=O) groups is 2. The highest BCUT2D eigenvalue weighted by Gasteiger charge is 2.06. The number of rotatable bonds is 4. The predicted molar refractivity (Wildman–Crippen MR) is 55.2 cm³/mol. The number of hydrogen-bond donors (Lipinski definition) is 2. The van der Waals surface area contributed by atoms with Gasteiger partial charge in [-0.2, -0.15) is 0 Å². The van der Waals surface area contributed by atoms with Crippen LogP contribution in [0.25, 0.3) is 0 Å². The molecule has 0 aromatic carbocycles. The van der Waals surface area contributed by atoms with Gasteiger partial charge in [0.15, 0.2) is 0 Å². The molecule has 1 aromatic heterocycles. The van der Waals surface area contributed by atoms with Crippen molar-refractivity contribution in [3.05, 3.63) is 21.9 Å². The summed E-state index contributed by atoms with van der Waals surface area (Å²) < 4.78 is 0. The molecule has 4 nitrogen and oxygen atoms in total. The van der Waals surface area contributed by atoms with Crippen LogP contribution in [-0.2, 0) is 4.79 Å². The van der Waals surface area contributed by atoms with E-state index in [1.54, 1.807) is 0 Å². The average molecular weight is 212 g/mol. The van der Waals surface area contributed by atoms with Gasteiger partial charge in [-0.15, -0.1) is 11.3 Å². The Balaban J connectivity index is 2.39. The average Bonchev–Trinajstić information content (AvgIpc) is 2.51. The summed E-state index contributed by atoms with van der Waals surface area (Å²) in [6, 6.07) is 1.81. The van der Waals surface area contributed by atoms with Gasteiger partial charge in [0, 0.05) is 13.0 Å². The summed E-state index contributed by atoms with van der Waals surface area (Å²) in [6.45, 7) is 2.22. The van der Waals surface area contributed by atoms with Crippen LogP contribution in [0.4, 0.5) is 0 Å². The molecule has 1 heterocycles. The van der Waals surface area contributed by atoms with Gasteiger partial charge < -0.3 is 11.1 Å². The number of nitrogens with two attached hydrogens (primary N) is 1. The second-order valence-corrected chi connectivity index (χ2v) is 3.87. The van der Waals surface area contributed by atoms with Crippen molar-refractivity contribution in [3.8, 4) is 0 Å². The lowest BCUT2D eigenvalue weighted by molar-refractivity contribution is -0.117. The molecule has 0 radical (unpaired) electrons. The molecule has 1 aromatic rings. The van der Waals surface area contributed by atoms with Gasteiger partial charge in [-0.05, 0) is 23.9 Å². The molecule has 0 bridgehead atoms. The fourth-order valence-electron chi connectivity index (χ4n) is 0.937. The molecule has 0 unspecified atom stereocenters. The molecule has 0 spiro atoms. The van der Waals surface area contributed by atoms with Gasteiger partial charge in [-0.1, -0.05) is 0 Å². The van der Waals surface area contributed by atoms with E-state index in [-0.39, 0.29) is 12.3 Å². The minimum atomic E-state index is -0.410. The highest BCUT2D eigenvalue weighted by Crippen LogP contribution is 2.12. The first-order valence-electron chi connectivity index (χ1n) is 4.21. The van der Waals surface area contributed by atoms with Crippen LogP contribution in [0.1, 0.15) is 21.7 Å². The highest BCUT2D eigenvalue weighted by molar-refractivity contribution is 7.12. The van der Waals surface area contributed by atoms with Crippen LogP contribution < -0.4 is 11.1 Å². The van der Waals surface area contributed by atoms with E-state index in [9.17, 15) is 9.59 Å². The van der Waals surface area contributed by atoms with Crippen molar-refractivity contribution >= 4 is 23.2 Å². The van der Waals surface area contributed by atoms with E-state index in [1.807, 2.05) is 18.4 Å². The molecule has 14 heavy (non-hydrogen) atoms. The normalized spacial score (nSPS) is 9.79. The zero-order valence-electron chi connectivity index (χ0n) is 7.87. The Hall–Kier alpha value is -1.36. The molecule has 3 N–H and O–H groups in total. The van der Waals surface area contributed by atoms with Crippen molar-refractivity contribution in [1.29, 1.82) is 0 Å². The molecular weight excluding hydrogens is 200 g/mol. The smallest absolute Gasteiger partial charge is 0.261 e. The van der Waals surface area contributed by atoms with Crippen molar-refractivity contribution in [3.63, 3.8) is 0 Å². The van der Waals surface area contributed by atoms with Crippen LogP contribution in [0.15, 0.2) is 11.4 Å². The Morgan fingerprint density at radius 3 is 2.79 bits per heavy atom. The summed E-state index contributed by atoms with van der Waals surface area (Å²) in [5.41, 5.74) is 6.00. The summed E-state index contributed by atoms with van der Waals surface area (Å²) in [6.07, 6.45) is 0.177. The standard InChI is InChI=1S/C9H12N2O2S/c1-6-4-7(14-5-6)9(13)11-3-2-8(10)12/h4-5H,2-3H2,1H3,(H2,10,12)(H,11,13). The number of aryl methyl sites for hydroxylation is 1. The number of amides is 2. The van der Waals surface area contributed by atoms with Gasteiger partial charge in [0.05, 0.1) is 4.88 Å². The first kappa shape index (κ1) is 10.7. The zero-order valence-corrected chi connectivity index (χ0v) is 8.69. The number of hydrogen-bond acceptors (Lipinski definition) is 3. The van der Waals surface area contributed by atoms with E-state index >= 15 is 0 Å². The predicted octanol–water partition coefficient (Wildman–Crippen LogP) is 0.662. The molecule has 2 amide bonds. The first-order valence-corrected chi connectivity index (χ1v) is 5.09. The minimum Gasteiger partial charge on any atom is -0.370 e. The third-order valence-electron chi connectivity index (χ3n) is 1.61. The minimum absolute atomic E-state index is 0.149. The quantitative estimate of drug-likeness (QED) is 0.769. The summed E-state index contributed by atoms with van der Waals surface area (Å²) in [5, 5.41) is 4.52. The van der Waals surface area contributed by atoms with Crippen molar-refractivity contribution in [1.82, 2.24) is 5.32 Å². The monoisotopic (exact) mass is 212 g/mol. The first-order chi connectivity index (χ1) is 6.59. The molecule has 0 aliphatic heterocycles. The maximum atomic E-state index is 11.4. The van der Waals surface area contributed by atoms with Crippen molar-refractivity contribution in [2.75, 3.05) is 6.54 Å². The molecule has 0 aliphatic carbocycles. The molecule has 0 saturated heterocycles. The molecular formula is C9H12N2O2S. The lowest BCUT2D eigenvalue weighted by atomic mass is 10.3. The van der Waals surface area contributed by atoms with Gasteiger partial charge in [-0.3, -0.25) is 9.59 Å². The summed E-state index contributed by atoms with van der Waals surface area (Å²) >= 11 is 1.39. The maximum absolute atomic E-state index is 11.4. The van der Waals surface area contributed by atoms with Crippen molar-refractivity contribution < 1.29 is 9.59 Å². The highest BCUT2D eigenvalue weighted by atomic mass is 32.1. The van der Waals surface area contributed by atoms with Gasteiger partial charge >= 0.3 is 0 Å². The largest absolute Gasteiger partial charge is 0.370 e. The Kier molecular flexibility index (Phi) is 3.64. The topological polar surface area (TPSA) is 72.2 Å². The fourth-order valence-corrected chi connectivity index (χ4v) is 1.75. The van der Waals surface area contributed by atoms with E-state index in [2.05, 4.69) is 5.32 Å². The molecule has 0 saturated carbocycles. The van der Waals surface area contributed by atoms with E-state index in [0.29, 0.717) is 11.4 Å². The number of carbonyl (C=O) groups excluding carboxylic acids is 2. The lowest BCUT2D eigenvalue weighted by Crippen LogP contribution is -2.27. The Bertz CT molecular complexity index is 346. The van der Waals surface area contributed by atoms with E-state index < -0.39 is 5.91 Å². The molecule has 1 rings (SSSR count). The van der Waals surface area contributed by atoms with Crippen LogP contribution in [0, 0.1) is 6.92 Å². The van der Waals surface area contributed by atoms with Crippen molar-refractivity contribution in [2.24, 2.45) is 5.73 Å². The van der Waals surface area contributed by atoms with Gasteiger partial charge in [0.2, 0.25) is 5.91 Å². The molecule has 76 valence electrons.